The van der Waals surface area contributed by atoms with Crippen LogP contribution in [0.1, 0.15) is 73.5 Å². The van der Waals surface area contributed by atoms with Gasteiger partial charge < -0.3 is 19.7 Å². The molecular weight excluding hydrogens is 460 g/mol. The van der Waals surface area contributed by atoms with Crippen molar-refractivity contribution in [2.75, 3.05) is 39.3 Å². The van der Waals surface area contributed by atoms with Crippen LogP contribution in [0.4, 0.5) is 0 Å². The number of benzene rings is 2. The summed E-state index contributed by atoms with van der Waals surface area (Å²) in [4.78, 5) is 28.2. The number of carbonyl (C=O) groups excluding carboxylic acids is 2. The van der Waals surface area contributed by atoms with E-state index in [0.717, 1.165) is 66.0 Å². The van der Waals surface area contributed by atoms with Crippen molar-refractivity contribution < 1.29 is 29.3 Å². The minimum absolute atomic E-state index is 0.262. The van der Waals surface area contributed by atoms with Gasteiger partial charge in [-0.25, -0.2) is 9.59 Å². The molecule has 36 heavy (non-hydrogen) atoms. The molecule has 1 unspecified atom stereocenters. The van der Waals surface area contributed by atoms with E-state index in [4.69, 9.17) is 9.47 Å². The number of aliphatic hydroxyl groups is 2. The fraction of sp³-hybridized carbons (Fsp3) is 0.500. The van der Waals surface area contributed by atoms with E-state index in [1.165, 1.54) is 0 Å². The molecule has 2 aromatic carbocycles. The second-order valence-electron chi connectivity index (χ2n) is 10.4. The zero-order chi connectivity index (χ0) is 25.6. The zero-order valence-corrected chi connectivity index (χ0v) is 21.2. The summed E-state index contributed by atoms with van der Waals surface area (Å²) in [5.74, 6) is -0.597. The first-order valence-electron chi connectivity index (χ1n) is 12.6. The minimum atomic E-state index is -1.07. The molecule has 3 aliphatic heterocycles. The van der Waals surface area contributed by atoms with Gasteiger partial charge in [0.05, 0.1) is 22.8 Å². The van der Waals surface area contributed by atoms with Crippen LogP contribution in [0.3, 0.4) is 0 Å². The number of carbonyl (C=O) groups is 2. The Hall–Kier alpha value is -2.78. The monoisotopic (exact) mass is 494 g/mol. The van der Waals surface area contributed by atoms with Gasteiger partial charge in [-0.1, -0.05) is 12.1 Å². The Morgan fingerprint density at radius 3 is 2.17 bits per heavy atom. The third kappa shape index (κ3) is 4.54. The molecule has 3 heterocycles. The van der Waals surface area contributed by atoms with Gasteiger partial charge in [0, 0.05) is 37.3 Å². The summed E-state index contributed by atoms with van der Waals surface area (Å²) < 4.78 is 10.3. The van der Waals surface area contributed by atoms with E-state index in [1.54, 1.807) is 12.1 Å². The van der Waals surface area contributed by atoms with E-state index >= 15 is 0 Å². The number of fused-ring (bicyclic) bond motifs is 2. The molecule has 0 aromatic heterocycles. The van der Waals surface area contributed by atoms with Crippen LogP contribution in [0.15, 0.2) is 24.3 Å². The van der Waals surface area contributed by atoms with Crippen molar-refractivity contribution in [3.05, 3.63) is 68.8 Å². The lowest BCUT2D eigenvalue weighted by Gasteiger charge is -2.33. The van der Waals surface area contributed by atoms with E-state index in [-0.39, 0.29) is 25.2 Å². The first-order valence-corrected chi connectivity index (χ1v) is 12.6. The highest BCUT2D eigenvalue weighted by Gasteiger charge is 2.33. The Bertz CT molecular complexity index is 1210. The van der Waals surface area contributed by atoms with E-state index in [1.807, 2.05) is 32.9 Å². The number of cyclic esters (lactones) is 2. The van der Waals surface area contributed by atoms with Crippen molar-refractivity contribution in [3.63, 3.8) is 0 Å². The van der Waals surface area contributed by atoms with Crippen LogP contribution < -0.4 is 0 Å². The summed E-state index contributed by atoms with van der Waals surface area (Å²) >= 11 is 0. The maximum absolute atomic E-state index is 11.9. The third-order valence-corrected chi connectivity index (χ3v) is 7.96. The van der Waals surface area contributed by atoms with Gasteiger partial charge in [0.25, 0.3) is 0 Å². The normalized spacial score (nSPS) is 20.8. The summed E-state index contributed by atoms with van der Waals surface area (Å²) in [6.07, 6.45) is 0.277. The number of nitrogens with zero attached hydrogens (tertiary/aromatic N) is 2. The molecule has 0 saturated carbocycles. The largest absolute Gasteiger partial charge is 0.457 e. The molecule has 0 spiro atoms. The molecule has 1 saturated heterocycles. The van der Waals surface area contributed by atoms with Gasteiger partial charge in [-0.15, -0.1) is 0 Å². The first-order chi connectivity index (χ1) is 17.2. The molecule has 5 rings (SSSR count). The Kier molecular flexibility index (Phi) is 6.63. The molecule has 2 aromatic rings. The summed E-state index contributed by atoms with van der Waals surface area (Å²) in [6, 6.07) is 7.20. The maximum atomic E-state index is 11.9. The molecule has 192 valence electrons. The lowest BCUT2D eigenvalue weighted by atomic mass is 9.87. The molecule has 8 nitrogen and oxygen atoms in total. The van der Waals surface area contributed by atoms with Crippen LogP contribution in [-0.4, -0.2) is 71.2 Å². The van der Waals surface area contributed by atoms with Crippen LogP contribution in [0.25, 0.3) is 0 Å². The molecule has 0 bridgehead atoms. The molecule has 8 heteroatoms. The molecule has 3 aliphatic rings. The van der Waals surface area contributed by atoms with Crippen molar-refractivity contribution in [2.24, 2.45) is 0 Å². The molecule has 0 amide bonds. The molecule has 1 fully saturated rings. The van der Waals surface area contributed by atoms with Crippen molar-refractivity contribution in [3.8, 4) is 0 Å². The van der Waals surface area contributed by atoms with Gasteiger partial charge in [-0.05, 0) is 74.7 Å². The van der Waals surface area contributed by atoms with Crippen molar-refractivity contribution >= 4 is 11.9 Å². The van der Waals surface area contributed by atoms with Crippen LogP contribution >= 0.6 is 0 Å². The van der Waals surface area contributed by atoms with E-state index in [0.29, 0.717) is 24.2 Å². The summed E-state index contributed by atoms with van der Waals surface area (Å²) in [7, 11) is 0. The average Bonchev–Trinajstić information content (AvgIpc) is 3.33. The Labute approximate surface area is 211 Å². The second kappa shape index (κ2) is 9.59. The highest BCUT2D eigenvalue weighted by Crippen LogP contribution is 2.33. The number of β-amino-alcohol motifs (C(OH)–C–C–N with tert-alkyl or cyclic N) is 2. The van der Waals surface area contributed by atoms with Crippen molar-refractivity contribution in [1.29, 1.82) is 0 Å². The number of aliphatic hydroxyl groups excluding tert-OH is 1. The fourth-order valence-electron chi connectivity index (χ4n) is 5.89. The highest BCUT2D eigenvalue weighted by molar-refractivity contribution is 5.94. The van der Waals surface area contributed by atoms with E-state index in [2.05, 4.69) is 9.80 Å². The van der Waals surface area contributed by atoms with Crippen LogP contribution in [0, 0.1) is 13.8 Å². The van der Waals surface area contributed by atoms with Gasteiger partial charge in [0.2, 0.25) is 0 Å². The van der Waals surface area contributed by atoms with Crippen LogP contribution in [0.2, 0.25) is 0 Å². The number of esters is 2. The summed E-state index contributed by atoms with van der Waals surface area (Å²) in [6.45, 7) is 10.5. The van der Waals surface area contributed by atoms with Crippen molar-refractivity contribution in [2.45, 2.75) is 52.1 Å². The number of rotatable bonds is 6. The van der Waals surface area contributed by atoms with E-state index < -0.39 is 11.7 Å². The number of hydrogen-bond donors (Lipinski definition) is 2. The molecule has 2 N–H and O–H groups in total. The van der Waals surface area contributed by atoms with E-state index in [9.17, 15) is 19.8 Å². The van der Waals surface area contributed by atoms with Gasteiger partial charge in [-0.3, -0.25) is 9.80 Å². The average molecular weight is 495 g/mol. The lowest BCUT2D eigenvalue weighted by molar-refractivity contribution is 0.0159. The van der Waals surface area contributed by atoms with Crippen LogP contribution in [0.5, 0.6) is 0 Å². The molecular formula is C28H34N2O6. The molecule has 2 atom stereocenters. The Morgan fingerprint density at radius 1 is 0.889 bits per heavy atom. The standard InChI is InChI=1S/C28H34N2O6/c1-17-19(5-6-20-22(17)14-35-26(20)32)25(31)13-29-9-4-10-30(12-11-29)16-28(3,34)24-8-7-21-23(18(24)2)15-36-27(21)33/h5-8,25,31,34H,4,9-16H2,1-3H3/t25-,28?/m1/s1. The zero-order valence-electron chi connectivity index (χ0n) is 21.2. The topological polar surface area (TPSA) is 99.5 Å². The summed E-state index contributed by atoms with van der Waals surface area (Å²) in [5.41, 5.74) is 5.37. The summed E-state index contributed by atoms with van der Waals surface area (Å²) in [5, 5.41) is 22.5. The number of ether oxygens (including phenoxy) is 2. The second-order valence-corrected chi connectivity index (χ2v) is 10.4. The Balaban J connectivity index is 1.22. The molecule has 0 aliphatic carbocycles. The lowest BCUT2D eigenvalue weighted by Crippen LogP contribution is -2.41. The quantitative estimate of drug-likeness (QED) is 0.592. The van der Waals surface area contributed by atoms with Crippen LogP contribution in [-0.2, 0) is 28.3 Å². The highest BCUT2D eigenvalue weighted by atomic mass is 16.5. The number of hydrogen-bond acceptors (Lipinski definition) is 8. The minimum Gasteiger partial charge on any atom is -0.457 e. The van der Waals surface area contributed by atoms with Gasteiger partial charge >= 0.3 is 11.9 Å². The third-order valence-electron chi connectivity index (χ3n) is 7.96. The first kappa shape index (κ1) is 24.9. The van der Waals surface area contributed by atoms with Crippen molar-refractivity contribution in [1.82, 2.24) is 9.80 Å². The SMILES string of the molecule is Cc1c([C@H](O)CN2CCCN(CC(C)(O)c3ccc4c(c3C)COC4=O)CC2)ccc2c1COC2=O. The van der Waals surface area contributed by atoms with Gasteiger partial charge in [-0.2, -0.15) is 0 Å². The smallest absolute Gasteiger partial charge is 0.338 e. The van der Waals surface area contributed by atoms with Gasteiger partial charge in [0.15, 0.2) is 0 Å². The predicted octanol–water partition coefficient (Wildman–Crippen LogP) is 2.59. The fourth-order valence-corrected chi connectivity index (χ4v) is 5.89. The maximum Gasteiger partial charge on any atom is 0.338 e. The predicted molar refractivity (Wildman–Crippen MR) is 133 cm³/mol. The molecule has 0 radical (unpaired) electrons. The van der Waals surface area contributed by atoms with Gasteiger partial charge in [0.1, 0.15) is 13.2 Å². The Morgan fingerprint density at radius 2 is 1.47 bits per heavy atom.